The number of nitrogens with zero attached hydrogens (tertiary/aromatic N) is 3. The zero-order valence-electron chi connectivity index (χ0n) is 10.0. The van der Waals surface area contributed by atoms with E-state index in [0.717, 1.165) is 24.9 Å². The Bertz CT molecular complexity index is 372. The summed E-state index contributed by atoms with van der Waals surface area (Å²) in [6, 6.07) is 2.51. The highest BCUT2D eigenvalue weighted by molar-refractivity contribution is 5.72. The third kappa shape index (κ3) is 2.16. The summed E-state index contributed by atoms with van der Waals surface area (Å²) < 4.78 is 1.66. The van der Waals surface area contributed by atoms with E-state index in [1.807, 2.05) is 13.1 Å². The molecular weight excluding hydrogens is 202 g/mol. The smallest absolute Gasteiger partial charge is 0.168 e. The molecule has 1 aromatic heterocycles. The normalized spacial score (nSPS) is 21.5. The largest absolute Gasteiger partial charge is 0.300 e. The lowest BCUT2D eigenvalue weighted by molar-refractivity contribution is 0.111. The molecule has 0 aliphatic carbocycles. The third-order valence-corrected chi connectivity index (χ3v) is 3.44. The summed E-state index contributed by atoms with van der Waals surface area (Å²) >= 11 is 0. The topological polar surface area (TPSA) is 38.1 Å². The molecule has 1 fully saturated rings. The van der Waals surface area contributed by atoms with Crippen LogP contribution in [0.15, 0.2) is 6.07 Å². The average Bonchev–Trinajstić information content (AvgIpc) is 2.85. The maximum Gasteiger partial charge on any atom is 0.168 e. The zero-order chi connectivity index (χ0) is 11.5. The van der Waals surface area contributed by atoms with Crippen LogP contribution in [0.1, 0.15) is 35.9 Å². The molecule has 0 bridgehead atoms. The Balaban J connectivity index is 2.05. The molecule has 1 saturated heterocycles. The van der Waals surface area contributed by atoms with E-state index in [2.05, 4.69) is 16.9 Å². The van der Waals surface area contributed by atoms with Gasteiger partial charge < -0.3 is 4.90 Å². The highest BCUT2D eigenvalue weighted by Crippen LogP contribution is 2.20. The third-order valence-electron chi connectivity index (χ3n) is 3.44. The molecule has 4 heteroatoms. The minimum atomic E-state index is 0.611. The van der Waals surface area contributed by atoms with E-state index in [0.29, 0.717) is 11.7 Å². The van der Waals surface area contributed by atoms with Gasteiger partial charge in [-0.15, -0.1) is 0 Å². The number of likely N-dealkylation sites (N-methyl/N-ethyl adjacent to an activating group) is 1. The van der Waals surface area contributed by atoms with E-state index in [9.17, 15) is 4.79 Å². The Labute approximate surface area is 96.2 Å². The number of carbonyl (C=O) groups is 1. The second-order valence-electron chi connectivity index (χ2n) is 4.43. The van der Waals surface area contributed by atoms with Crippen molar-refractivity contribution in [1.29, 1.82) is 0 Å². The van der Waals surface area contributed by atoms with E-state index in [1.54, 1.807) is 4.68 Å². The van der Waals surface area contributed by atoms with Crippen LogP contribution in [0.4, 0.5) is 0 Å². The van der Waals surface area contributed by atoms with Crippen molar-refractivity contribution in [2.24, 2.45) is 7.05 Å². The fourth-order valence-corrected chi connectivity index (χ4v) is 2.54. The molecule has 1 aromatic rings. The van der Waals surface area contributed by atoms with Gasteiger partial charge in [0.15, 0.2) is 6.29 Å². The molecule has 0 spiro atoms. The summed E-state index contributed by atoms with van der Waals surface area (Å²) in [5.41, 5.74) is 1.70. The van der Waals surface area contributed by atoms with Crippen LogP contribution in [0.3, 0.4) is 0 Å². The maximum atomic E-state index is 10.7. The molecule has 1 unspecified atom stereocenters. The van der Waals surface area contributed by atoms with Crippen LogP contribution in [0.25, 0.3) is 0 Å². The van der Waals surface area contributed by atoms with Gasteiger partial charge in [-0.2, -0.15) is 5.10 Å². The van der Waals surface area contributed by atoms with Crippen molar-refractivity contribution in [3.05, 3.63) is 17.5 Å². The van der Waals surface area contributed by atoms with Crippen molar-refractivity contribution in [2.45, 2.75) is 32.2 Å². The van der Waals surface area contributed by atoms with Gasteiger partial charge in [0.1, 0.15) is 5.69 Å². The van der Waals surface area contributed by atoms with E-state index in [1.165, 1.54) is 19.4 Å². The summed E-state index contributed by atoms with van der Waals surface area (Å²) in [4.78, 5) is 13.2. The molecule has 2 rings (SSSR count). The Kier molecular flexibility index (Phi) is 3.39. The summed E-state index contributed by atoms with van der Waals surface area (Å²) in [6.07, 6.45) is 4.37. The van der Waals surface area contributed by atoms with Crippen molar-refractivity contribution < 1.29 is 4.79 Å². The predicted molar refractivity (Wildman–Crippen MR) is 62.6 cm³/mol. The molecule has 0 aromatic carbocycles. The molecule has 0 radical (unpaired) electrons. The summed E-state index contributed by atoms with van der Waals surface area (Å²) in [6.45, 7) is 4.51. The second-order valence-corrected chi connectivity index (χ2v) is 4.43. The zero-order valence-corrected chi connectivity index (χ0v) is 10.0. The van der Waals surface area contributed by atoms with Crippen molar-refractivity contribution in [3.63, 3.8) is 0 Å². The monoisotopic (exact) mass is 221 g/mol. The van der Waals surface area contributed by atoms with Gasteiger partial charge in [0.25, 0.3) is 0 Å². The Morgan fingerprint density at radius 1 is 1.62 bits per heavy atom. The minimum absolute atomic E-state index is 0.611. The fourth-order valence-electron chi connectivity index (χ4n) is 2.54. The van der Waals surface area contributed by atoms with Crippen LogP contribution in [-0.2, 0) is 13.5 Å². The number of likely N-dealkylation sites (tertiary alicyclic amines) is 1. The maximum absolute atomic E-state index is 10.7. The second kappa shape index (κ2) is 4.78. The first kappa shape index (κ1) is 11.3. The van der Waals surface area contributed by atoms with Gasteiger partial charge >= 0.3 is 0 Å². The highest BCUT2D eigenvalue weighted by Gasteiger charge is 2.24. The van der Waals surface area contributed by atoms with E-state index >= 15 is 0 Å². The number of aldehydes is 1. The molecule has 0 saturated carbocycles. The van der Waals surface area contributed by atoms with Gasteiger partial charge in [-0.25, -0.2) is 0 Å². The quantitative estimate of drug-likeness (QED) is 0.718. The first-order valence-corrected chi connectivity index (χ1v) is 5.96. The van der Waals surface area contributed by atoms with Gasteiger partial charge in [0.05, 0.1) is 5.69 Å². The average molecular weight is 221 g/mol. The van der Waals surface area contributed by atoms with Crippen LogP contribution >= 0.6 is 0 Å². The van der Waals surface area contributed by atoms with E-state index in [4.69, 9.17) is 0 Å². The lowest BCUT2D eigenvalue weighted by atomic mass is 10.1. The van der Waals surface area contributed by atoms with Crippen LogP contribution in [0, 0.1) is 0 Å². The van der Waals surface area contributed by atoms with Crippen LogP contribution in [0.2, 0.25) is 0 Å². The van der Waals surface area contributed by atoms with Crippen molar-refractivity contribution in [3.8, 4) is 0 Å². The molecule has 4 nitrogen and oxygen atoms in total. The number of rotatable bonds is 4. The fraction of sp³-hybridized carbons (Fsp3) is 0.667. The summed E-state index contributed by atoms with van der Waals surface area (Å²) in [7, 11) is 1.82. The highest BCUT2D eigenvalue weighted by atomic mass is 16.1. The van der Waals surface area contributed by atoms with Crippen molar-refractivity contribution in [2.75, 3.05) is 13.1 Å². The van der Waals surface area contributed by atoms with E-state index < -0.39 is 0 Å². The lowest BCUT2D eigenvalue weighted by Crippen LogP contribution is -2.30. The molecule has 88 valence electrons. The molecule has 16 heavy (non-hydrogen) atoms. The molecule has 1 aliphatic heterocycles. The van der Waals surface area contributed by atoms with Gasteiger partial charge in [-0.3, -0.25) is 9.48 Å². The Morgan fingerprint density at radius 2 is 2.44 bits per heavy atom. The molecule has 0 N–H and O–H groups in total. The Hall–Kier alpha value is -1.16. The van der Waals surface area contributed by atoms with Gasteiger partial charge in [0.2, 0.25) is 0 Å². The van der Waals surface area contributed by atoms with Crippen molar-refractivity contribution in [1.82, 2.24) is 14.7 Å². The van der Waals surface area contributed by atoms with Gasteiger partial charge in [0, 0.05) is 19.5 Å². The predicted octanol–water partition coefficient (Wildman–Crippen LogP) is 1.26. The molecular formula is C12H19N3O. The number of aryl methyl sites for hydroxylation is 1. The number of carbonyl (C=O) groups excluding carboxylic acids is 1. The minimum Gasteiger partial charge on any atom is -0.300 e. The summed E-state index contributed by atoms with van der Waals surface area (Å²) in [5, 5.41) is 4.37. The first-order chi connectivity index (χ1) is 7.74. The van der Waals surface area contributed by atoms with Gasteiger partial charge in [-0.05, 0) is 32.0 Å². The van der Waals surface area contributed by atoms with E-state index in [-0.39, 0.29) is 0 Å². The summed E-state index contributed by atoms with van der Waals surface area (Å²) in [5.74, 6) is 0. The molecule has 2 heterocycles. The number of hydrogen-bond donors (Lipinski definition) is 0. The standard InChI is InChI=1S/C12H19N3O/c1-3-15-6-4-5-11(15)7-10-8-12(9-16)14(2)13-10/h8-9,11H,3-7H2,1-2H3. The molecule has 1 aliphatic rings. The molecule has 0 amide bonds. The van der Waals surface area contributed by atoms with Crippen molar-refractivity contribution >= 4 is 6.29 Å². The van der Waals surface area contributed by atoms with Crippen LogP contribution in [0.5, 0.6) is 0 Å². The Morgan fingerprint density at radius 3 is 3.06 bits per heavy atom. The lowest BCUT2D eigenvalue weighted by Gasteiger charge is -2.21. The van der Waals surface area contributed by atoms with Gasteiger partial charge in [-0.1, -0.05) is 6.92 Å². The molecule has 1 atom stereocenters. The number of aromatic nitrogens is 2. The van der Waals surface area contributed by atoms with Crippen LogP contribution in [-0.4, -0.2) is 40.1 Å². The SMILES string of the molecule is CCN1CCCC1Cc1cc(C=O)n(C)n1. The number of hydrogen-bond acceptors (Lipinski definition) is 3. The first-order valence-electron chi connectivity index (χ1n) is 5.96. The van der Waals surface area contributed by atoms with Crippen LogP contribution < -0.4 is 0 Å².